The standard InChI is InChI=1S/C9H16N4/c1-12-4-2-10-6-9(12)7-13-5-3-11-8-13/h3,5,8-10H,2,4,6-7H2,1H3/t9-/m1/s1. The molecule has 1 atom stereocenters. The van der Waals surface area contributed by atoms with Crippen LogP contribution in [0.1, 0.15) is 0 Å². The summed E-state index contributed by atoms with van der Waals surface area (Å²) in [5.41, 5.74) is 0. The zero-order valence-electron chi connectivity index (χ0n) is 7.98. The molecule has 0 aliphatic carbocycles. The van der Waals surface area contributed by atoms with Crippen molar-refractivity contribution in [1.82, 2.24) is 19.8 Å². The van der Waals surface area contributed by atoms with E-state index >= 15 is 0 Å². The zero-order chi connectivity index (χ0) is 9.10. The van der Waals surface area contributed by atoms with Crippen LogP contribution in [-0.4, -0.2) is 47.2 Å². The zero-order valence-corrected chi connectivity index (χ0v) is 7.98. The second-order valence-corrected chi connectivity index (χ2v) is 3.60. The third-order valence-corrected chi connectivity index (χ3v) is 2.63. The second kappa shape index (κ2) is 3.89. The van der Waals surface area contributed by atoms with Gasteiger partial charge in [0.1, 0.15) is 0 Å². The van der Waals surface area contributed by atoms with Crippen LogP contribution in [0.3, 0.4) is 0 Å². The van der Waals surface area contributed by atoms with Crippen LogP contribution in [-0.2, 0) is 6.54 Å². The van der Waals surface area contributed by atoms with E-state index in [9.17, 15) is 0 Å². The normalized spacial score (nSPS) is 24.8. The lowest BCUT2D eigenvalue weighted by atomic mass is 10.2. The maximum absolute atomic E-state index is 4.04. The van der Waals surface area contributed by atoms with Gasteiger partial charge in [-0.2, -0.15) is 0 Å². The van der Waals surface area contributed by atoms with Gasteiger partial charge in [-0.25, -0.2) is 4.98 Å². The van der Waals surface area contributed by atoms with Crippen LogP contribution < -0.4 is 5.32 Å². The van der Waals surface area contributed by atoms with Crippen molar-refractivity contribution in [3.8, 4) is 0 Å². The van der Waals surface area contributed by atoms with Gasteiger partial charge in [-0.15, -0.1) is 0 Å². The van der Waals surface area contributed by atoms with E-state index < -0.39 is 0 Å². The molecule has 0 spiro atoms. The maximum Gasteiger partial charge on any atom is 0.0946 e. The molecule has 4 nitrogen and oxygen atoms in total. The van der Waals surface area contributed by atoms with Gasteiger partial charge in [0, 0.05) is 44.6 Å². The first kappa shape index (κ1) is 8.72. The number of rotatable bonds is 2. The summed E-state index contributed by atoms with van der Waals surface area (Å²) in [6, 6.07) is 0.600. The summed E-state index contributed by atoms with van der Waals surface area (Å²) >= 11 is 0. The van der Waals surface area contributed by atoms with Crippen LogP contribution in [0.5, 0.6) is 0 Å². The number of nitrogens with one attached hydrogen (secondary N) is 1. The number of aromatic nitrogens is 2. The highest BCUT2D eigenvalue weighted by molar-refractivity contribution is 4.82. The summed E-state index contributed by atoms with van der Waals surface area (Å²) in [7, 11) is 2.18. The number of likely N-dealkylation sites (N-methyl/N-ethyl adjacent to an activating group) is 1. The Labute approximate surface area is 78.6 Å². The van der Waals surface area contributed by atoms with E-state index in [4.69, 9.17) is 0 Å². The minimum atomic E-state index is 0.600. The first-order valence-corrected chi connectivity index (χ1v) is 4.73. The van der Waals surface area contributed by atoms with E-state index in [0.29, 0.717) is 6.04 Å². The van der Waals surface area contributed by atoms with E-state index in [1.54, 1.807) is 0 Å². The molecule has 1 aliphatic rings. The molecule has 4 heteroatoms. The summed E-state index contributed by atoms with van der Waals surface area (Å²) in [6.45, 7) is 4.36. The largest absolute Gasteiger partial charge is 0.336 e. The molecule has 1 aliphatic heterocycles. The summed E-state index contributed by atoms with van der Waals surface area (Å²) in [4.78, 5) is 6.44. The van der Waals surface area contributed by atoms with Crippen molar-refractivity contribution < 1.29 is 0 Å². The lowest BCUT2D eigenvalue weighted by molar-refractivity contribution is 0.181. The fraction of sp³-hybridized carbons (Fsp3) is 0.667. The molecule has 0 radical (unpaired) electrons. The molecule has 72 valence electrons. The Kier molecular flexibility index (Phi) is 2.61. The van der Waals surface area contributed by atoms with E-state index in [-0.39, 0.29) is 0 Å². The smallest absolute Gasteiger partial charge is 0.0946 e. The number of hydrogen-bond donors (Lipinski definition) is 1. The van der Waals surface area contributed by atoms with E-state index in [2.05, 4.69) is 26.8 Å². The van der Waals surface area contributed by atoms with Gasteiger partial charge in [0.05, 0.1) is 6.33 Å². The molecule has 0 saturated carbocycles. The quantitative estimate of drug-likeness (QED) is 0.683. The third-order valence-electron chi connectivity index (χ3n) is 2.63. The third kappa shape index (κ3) is 2.08. The lowest BCUT2D eigenvalue weighted by Crippen LogP contribution is -2.50. The molecule has 1 N–H and O–H groups in total. The van der Waals surface area contributed by atoms with Crippen LogP contribution in [0.15, 0.2) is 18.7 Å². The summed E-state index contributed by atoms with van der Waals surface area (Å²) in [6.07, 6.45) is 5.72. The molecule has 13 heavy (non-hydrogen) atoms. The van der Waals surface area contributed by atoms with Crippen LogP contribution in [0, 0.1) is 0 Å². The molecule has 1 fully saturated rings. The van der Waals surface area contributed by atoms with Crippen LogP contribution in [0.25, 0.3) is 0 Å². The van der Waals surface area contributed by atoms with Crippen molar-refractivity contribution in [2.75, 3.05) is 26.7 Å². The van der Waals surface area contributed by atoms with Gasteiger partial charge in [0.25, 0.3) is 0 Å². The number of piperazine rings is 1. The van der Waals surface area contributed by atoms with Crippen molar-refractivity contribution >= 4 is 0 Å². The van der Waals surface area contributed by atoms with E-state index in [1.165, 1.54) is 0 Å². The first-order valence-electron chi connectivity index (χ1n) is 4.73. The lowest BCUT2D eigenvalue weighted by Gasteiger charge is -2.33. The van der Waals surface area contributed by atoms with Crippen molar-refractivity contribution in [3.05, 3.63) is 18.7 Å². The Morgan fingerprint density at radius 1 is 1.62 bits per heavy atom. The van der Waals surface area contributed by atoms with Gasteiger partial charge < -0.3 is 9.88 Å². The number of hydrogen-bond acceptors (Lipinski definition) is 3. The molecule has 0 amide bonds. The minimum absolute atomic E-state index is 0.600. The van der Waals surface area contributed by atoms with Crippen molar-refractivity contribution in [2.24, 2.45) is 0 Å². The molecule has 1 aromatic heterocycles. The van der Waals surface area contributed by atoms with Gasteiger partial charge in [0.2, 0.25) is 0 Å². The van der Waals surface area contributed by atoms with Gasteiger partial charge in [-0.3, -0.25) is 4.90 Å². The Bertz CT molecular complexity index is 244. The molecular formula is C9H16N4. The predicted octanol–water partition coefficient (Wildman–Crippen LogP) is -0.213. The highest BCUT2D eigenvalue weighted by atomic mass is 15.2. The van der Waals surface area contributed by atoms with Crippen molar-refractivity contribution in [2.45, 2.75) is 12.6 Å². The number of nitrogens with zero attached hydrogens (tertiary/aromatic N) is 3. The Morgan fingerprint density at radius 2 is 2.54 bits per heavy atom. The number of imidazole rings is 1. The highest BCUT2D eigenvalue weighted by Crippen LogP contribution is 2.02. The maximum atomic E-state index is 4.04. The average molecular weight is 180 g/mol. The molecule has 0 aromatic carbocycles. The van der Waals surface area contributed by atoms with Crippen LogP contribution >= 0.6 is 0 Å². The second-order valence-electron chi connectivity index (χ2n) is 3.60. The summed E-state index contributed by atoms with van der Waals surface area (Å²) in [5, 5.41) is 3.40. The average Bonchev–Trinajstić information content (AvgIpc) is 2.61. The van der Waals surface area contributed by atoms with Gasteiger partial charge in [-0.1, -0.05) is 0 Å². The fourth-order valence-electron chi connectivity index (χ4n) is 1.70. The van der Waals surface area contributed by atoms with Gasteiger partial charge in [0.15, 0.2) is 0 Å². The van der Waals surface area contributed by atoms with Gasteiger partial charge >= 0.3 is 0 Å². The van der Waals surface area contributed by atoms with Crippen molar-refractivity contribution in [3.63, 3.8) is 0 Å². The van der Waals surface area contributed by atoms with Crippen molar-refractivity contribution in [1.29, 1.82) is 0 Å². The van der Waals surface area contributed by atoms with Gasteiger partial charge in [-0.05, 0) is 7.05 Å². The minimum Gasteiger partial charge on any atom is -0.336 e. The predicted molar refractivity (Wildman–Crippen MR) is 51.5 cm³/mol. The Hall–Kier alpha value is -0.870. The molecular weight excluding hydrogens is 164 g/mol. The molecule has 1 aromatic rings. The topological polar surface area (TPSA) is 33.1 Å². The molecule has 2 rings (SSSR count). The monoisotopic (exact) mass is 180 g/mol. The molecule has 0 unspecified atom stereocenters. The summed E-state index contributed by atoms with van der Waals surface area (Å²) < 4.78 is 2.13. The first-order chi connectivity index (χ1) is 6.36. The van der Waals surface area contributed by atoms with E-state index in [1.807, 2.05) is 18.7 Å². The van der Waals surface area contributed by atoms with Crippen LogP contribution in [0.2, 0.25) is 0 Å². The molecule has 1 saturated heterocycles. The molecule has 0 bridgehead atoms. The Balaban J connectivity index is 1.93. The van der Waals surface area contributed by atoms with Crippen LogP contribution in [0.4, 0.5) is 0 Å². The SMILES string of the molecule is CN1CCNC[C@@H]1Cn1ccnc1. The van der Waals surface area contributed by atoms with E-state index in [0.717, 1.165) is 26.2 Å². The highest BCUT2D eigenvalue weighted by Gasteiger charge is 2.18. The summed E-state index contributed by atoms with van der Waals surface area (Å²) in [5.74, 6) is 0. The fourth-order valence-corrected chi connectivity index (χ4v) is 1.70. The molecule has 2 heterocycles. The Morgan fingerprint density at radius 3 is 3.23 bits per heavy atom.